The summed E-state index contributed by atoms with van der Waals surface area (Å²) in [5.41, 5.74) is 8.51. The maximum atomic E-state index is 11.9. The molecular formula is C10H15N3O2S. The first kappa shape index (κ1) is 11.5. The van der Waals surface area contributed by atoms with Crippen molar-refractivity contribution in [2.75, 3.05) is 26.3 Å². The van der Waals surface area contributed by atoms with Crippen molar-refractivity contribution in [3.05, 3.63) is 16.6 Å². The maximum absolute atomic E-state index is 11.9. The molecule has 0 unspecified atom stereocenters. The van der Waals surface area contributed by atoms with Crippen LogP contribution in [0, 0.1) is 0 Å². The van der Waals surface area contributed by atoms with Crippen molar-refractivity contribution in [2.45, 2.75) is 12.5 Å². The van der Waals surface area contributed by atoms with Gasteiger partial charge in [0.2, 0.25) is 5.91 Å². The first-order valence-corrected chi connectivity index (χ1v) is 6.21. The Bertz CT molecular complexity index is 336. The lowest BCUT2D eigenvalue weighted by atomic mass is 10.1. The lowest BCUT2D eigenvalue weighted by molar-refractivity contribution is -0.136. The summed E-state index contributed by atoms with van der Waals surface area (Å²) in [5.74, 6) is -0.00343. The Morgan fingerprint density at radius 2 is 2.38 bits per heavy atom. The molecule has 1 aromatic rings. The number of carbonyl (C=O) groups is 1. The van der Waals surface area contributed by atoms with Gasteiger partial charge >= 0.3 is 0 Å². The molecule has 2 rings (SSSR count). The first-order chi connectivity index (χ1) is 7.77. The van der Waals surface area contributed by atoms with E-state index < -0.39 is 6.04 Å². The fourth-order valence-corrected chi connectivity index (χ4v) is 2.24. The molecule has 1 fully saturated rings. The number of rotatable bonds is 3. The number of aromatic nitrogens is 1. The topological polar surface area (TPSA) is 68.5 Å². The molecule has 0 bridgehead atoms. The van der Waals surface area contributed by atoms with Crippen molar-refractivity contribution in [1.29, 1.82) is 0 Å². The van der Waals surface area contributed by atoms with Gasteiger partial charge in [0.05, 0.1) is 30.5 Å². The molecule has 88 valence electrons. The Balaban J connectivity index is 1.88. The number of hydrogen-bond acceptors (Lipinski definition) is 5. The fourth-order valence-electron chi connectivity index (χ4n) is 1.67. The molecule has 0 aromatic carbocycles. The second-order valence-electron chi connectivity index (χ2n) is 3.73. The number of thiazole rings is 1. The molecule has 16 heavy (non-hydrogen) atoms. The van der Waals surface area contributed by atoms with Crippen molar-refractivity contribution in [3.63, 3.8) is 0 Å². The summed E-state index contributed by atoms with van der Waals surface area (Å²) in [6.07, 6.45) is 0.514. The average molecular weight is 241 g/mol. The molecule has 1 saturated heterocycles. The summed E-state index contributed by atoms with van der Waals surface area (Å²) in [7, 11) is 0. The Labute approximate surface area is 98.2 Å². The molecule has 5 nitrogen and oxygen atoms in total. The summed E-state index contributed by atoms with van der Waals surface area (Å²) in [6, 6.07) is -0.486. The van der Waals surface area contributed by atoms with Gasteiger partial charge in [-0.05, 0) is 0 Å². The zero-order valence-electron chi connectivity index (χ0n) is 8.96. The van der Waals surface area contributed by atoms with E-state index in [-0.39, 0.29) is 5.91 Å². The minimum Gasteiger partial charge on any atom is -0.378 e. The Kier molecular flexibility index (Phi) is 3.87. The van der Waals surface area contributed by atoms with E-state index >= 15 is 0 Å². The lowest BCUT2D eigenvalue weighted by Crippen LogP contribution is -2.49. The van der Waals surface area contributed by atoms with E-state index in [9.17, 15) is 4.79 Å². The van der Waals surface area contributed by atoms with Crippen molar-refractivity contribution in [1.82, 2.24) is 9.88 Å². The molecule has 0 spiro atoms. The van der Waals surface area contributed by atoms with Gasteiger partial charge in [-0.25, -0.2) is 4.98 Å². The van der Waals surface area contributed by atoms with E-state index in [0.717, 1.165) is 5.69 Å². The number of hydrogen-bond donors (Lipinski definition) is 1. The van der Waals surface area contributed by atoms with E-state index in [1.807, 2.05) is 5.38 Å². The van der Waals surface area contributed by atoms with Crippen molar-refractivity contribution in [3.8, 4) is 0 Å². The van der Waals surface area contributed by atoms with E-state index in [0.29, 0.717) is 32.7 Å². The quantitative estimate of drug-likeness (QED) is 0.800. The van der Waals surface area contributed by atoms with Crippen molar-refractivity contribution in [2.24, 2.45) is 5.73 Å². The smallest absolute Gasteiger partial charge is 0.240 e. The van der Waals surface area contributed by atoms with Crippen LogP contribution in [0.2, 0.25) is 0 Å². The molecule has 1 amide bonds. The normalized spacial score (nSPS) is 18.4. The third kappa shape index (κ3) is 2.78. The number of nitrogens with zero attached hydrogens (tertiary/aromatic N) is 2. The standard InChI is InChI=1S/C10H15N3O2S/c11-9(5-8-6-16-7-12-8)10(14)13-1-3-15-4-2-13/h6-7,9H,1-5,11H2/t9-/m0/s1. The minimum atomic E-state index is -0.486. The third-order valence-corrected chi connectivity index (χ3v) is 3.19. The number of ether oxygens (including phenoxy) is 1. The van der Waals surface area contributed by atoms with E-state index in [1.165, 1.54) is 11.3 Å². The Morgan fingerprint density at radius 1 is 1.62 bits per heavy atom. The van der Waals surface area contributed by atoms with Gasteiger partial charge in [-0.1, -0.05) is 0 Å². The van der Waals surface area contributed by atoms with Gasteiger partial charge in [-0.3, -0.25) is 4.79 Å². The molecule has 0 saturated carbocycles. The molecule has 1 aromatic heterocycles. The van der Waals surface area contributed by atoms with Gasteiger partial charge in [0.25, 0.3) is 0 Å². The van der Waals surface area contributed by atoms with Gasteiger partial charge in [0.15, 0.2) is 0 Å². The van der Waals surface area contributed by atoms with Crippen LogP contribution in [-0.4, -0.2) is 48.1 Å². The van der Waals surface area contributed by atoms with Gasteiger partial charge in [-0.15, -0.1) is 11.3 Å². The highest BCUT2D eigenvalue weighted by molar-refractivity contribution is 7.07. The molecular weight excluding hydrogens is 226 g/mol. The van der Waals surface area contributed by atoms with Crippen LogP contribution in [0.1, 0.15) is 5.69 Å². The molecule has 1 aliphatic rings. The van der Waals surface area contributed by atoms with Crippen molar-refractivity contribution < 1.29 is 9.53 Å². The van der Waals surface area contributed by atoms with Crippen LogP contribution in [0.25, 0.3) is 0 Å². The average Bonchev–Trinajstić information content (AvgIpc) is 2.82. The minimum absolute atomic E-state index is 0.00343. The second-order valence-corrected chi connectivity index (χ2v) is 4.45. The summed E-state index contributed by atoms with van der Waals surface area (Å²) in [5, 5.41) is 1.92. The molecule has 6 heteroatoms. The van der Waals surface area contributed by atoms with Crippen LogP contribution in [0.4, 0.5) is 0 Å². The molecule has 2 heterocycles. The van der Waals surface area contributed by atoms with Crippen LogP contribution in [-0.2, 0) is 16.0 Å². The van der Waals surface area contributed by atoms with Crippen LogP contribution in [0.15, 0.2) is 10.9 Å². The zero-order chi connectivity index (χ0) is 11.4. The van der Waals surface area contributed by atoms with E-state index in [4.69, 9.17) is 10.5 Å². The highest BCUT2D eigenvalue weighted by Gasteiger charge is 2.23. The van der Waals surface area contributed by atoms with Crippen LogP contribution >= 0.6 is 11.3 Å². The molecule has 2 N–H and O–H groups in total. The number of nitrogens with two attached hydrogens (primary N) is 1. The van der Waals surface area contributed by atoms with Crippen LogP contribution < -0.4 is 5.73 Å². The summed E-state index contributed by atoms with van der Waals surface area (Å²) >= 11 is 1.52. The largest absolute Gasteiger partial charge is 0.378 e. The lowest BCUT2D eigenvalue weighted by Gasteiger charge is -2.28. The SMILES string of the molecule is N[C@@H](Cc1cscn1)C(=O)N1CCOCC1. The molecule has 0 aliphatic carbocycles. The maximum Gasteiger partial charge on any atom is 0.240 e. The van der Waals surface area contributed by atoms with Crippen LogP contribution in [0.5, 0.6) is 0 Å². The molecule has 1 atom stereocenters. The molecule has 1 aliphatic heterocycles. The Morgan fingerprint density at radius 3 is 3.00 bits per heavy atom. The van der Waals surface area contributed by atoms with Gasteiger partial charge in [0.1, 0.15) is 0 Å². The first-order valence-electron chi connectivity index (χ1n) is 5.26. The van der Waals surface area contributed by atoms with Crippen molar-refractivity contribution >= 4 is 17.2 Å². The number of amides is 1. The fraction of sp³-hybridized carbons (Fsp3) is 0.600. The predicted octanol–water partition coefficient (Wildman–Crippen LogP) is -0.128. The zero-order valence-corrected chi connectivity index (χ0v) is 9.78. The third-order valence-electron chi connectivity index (χ3n) is 2.55. The van der Waals surface area contributed by atoms with E-state index in [2.05, 4.69) is 4.98 Å². The highest BCUT2D eigenvalue weighted by atomic mass is 32.1. The second kappa shape index (κ2) is 5.38. The van der Waals surface area contributed by atoms with Crippen LogP contribution in [0.3, 0.4) is 0 Å². The van der Waals surface area contributed by atoms with Gasteiger partial charge in [0, 0.05) is 24.9 Å². The summed E-state index contributed by atoms with van der Waals surface area (Å²) in [6.45, 7) is 2.50. The summed E-state index contributed by atoms with van der Waals surface area (Å²) in [4.78, 5) is 17.8. The monoisotopic (exact) mass is 241 g/mol. The summed E-state index contributed by atoms with van der Waals surface area (Å²) < 4.78 is 5.19. The highest BCUT2D eigenvalue weighted by Crippen LogP contribution is 2.06. The number of morpholine rings is 1. The number of carbonyl (C=O) groups excluding carboxylic acids is 1. The van der Waals surface area contributed by atoms with E-state index in [1.54, 1.807) is 10.4 Å². The molecule has 0 radical (unpaired) electrons. The van der Waals surface area contributed by atoms with Gasteiger partial charge < -0.3 is 15.4 Å². The predicted molar refractivity (Wildman–Crippen MR) is 61.2 cm³/mol. The van der Waals surface area contributed by atoms with Gasteiger partial charge in [-0.2, -0.15) is 0 Å². The Hall–Kier alpha value is -0.980.